The maximum atomic E-state index is 12.3. The van der Waals surface area contributed by atoms with Crippen LogP contribution in [0.3, 0.4) is 0 Å². The number of rotatable bonds is 2. The molecule has 0 aliphatic carbocycles. The lowest BCUT2D eigenvalue weighted by Crippen LogP contribution is -2.44. The van der Waals surface area contributed by atoms with Crippen LogP contribution < -0.4 is 5.32 Å². The van der Waals surface area contributed by atoms with E-state index in [0.29, 0.717) is 12.1 Å². The van der Waals surface area contributed by atoms with Gasteiger partial charge in [-0.1, -0.05) is 6.07 Å². The van der Waals surface area contributed by atoms with Gasteiger partial charge < -0.3 is 10.2 Å². The third-order valence-corrected chi connectivity index (χ3v) is 3.43. The Bertz CT molecular complexity index is 476. The molecule has 5 heteroatoms. The Morgan fingerprint density at radius 2 is 2.22 bits per heavy atom. The average molecular weight is 264 g/mol. The van der Waals surface area contributed by atoms with Gasteiger partial charge in [-0.25, -0.2) is 0 Å². The molecule has 0 bridgehead atoms. The maximum Gasteiger partial charge on any atom is 0.254 e. The number of nitrogens with one attached hydrogen (secondary N) is 1. The van der Waals surface area contributed by atoms with Crippen LogP contribution in [0.1, 0.15) is 23.2 Å². The van der Waals surface area contributed by atoms with Crippen molar-refractivity contribution < 1.29 is 9.59 Å². The summed E-state index contributed by atoms with van der Waals surface area (Å²) in [6.07, 6.45) is 1.59. The van der Waals surface area contributed by atoms with Gasteiger partial charge in [0.25, 0.3) is 5.91 Å². The summed E-state index contributed by atoms with van der Waals surface area (Å²) in [7, 11) is 1.59. The smallest absolute Gasteiger partial charge is 0.254 e. The number of carbonyl (C=O) groups is 2. The van der Waals surface area contributed by atoms with Gasteiger partial charge in [-0.3, -0.25) is 9.59 Å². The fraction of sp³-hybridized carbons (Fsp3) is 0.385. The fourth-order valence-electron chi connectivity index (χ4n) is 2.25. The summed E-state index contributed by atoms with van der Waals surface area (Å²) in [5, 5.41) is 2.61. The summed E-state index contributed by atoms with van der Waals surface area (Å²) < 4.78 is 0. The molecule has 1 aliphatic heterocycles. The van der Waals surface area contributed by atoms with Gasteiger partial charge in [0, 0.05) is 24.1 Å². The molecule has 0 radical (unpaired) electrons. The lowest BCUT2D eigenvalue weighted by molar-refractivity contribution is -0.124. The van der Waals surface area contributed by atoms with Gasteiger partial charge >= 0.3 is 0 Å². The number of likely N-dealkylation sites (N-methyl/N-ethyl adjacent to an activating group) is 1. The van der Waals surface area contributed by atoms with Gasteiger partial charge in [-0.2, -0.15) is 0 Å². The molecule has 2 rings (SSSR count). The summed E-state index contributed by atoms with van der Waals surface area (Å²) in [6, 6.07) is 6.75. The number of benzene rings is 1. The molecular formula is C13H16N2O2S. The Morgan fingerprint density at radius 1 is 1.44 bits per heavy atom. The van der Waals surface area contributed by atoms with Crippen LogP contribution in [0.25, 0.3) is 0 Å². The Labute approximate surface area is 112 Å². The number of carbonyl (C=O) groups excluding carboxylic acids is 2. The molecule has 1 fully saturated rings. The van der Waals surface area contributed by atoms with Crippen molar-refractivity contribution in [3.05, 3.63) is 29.8 Å². The fourth-order valence-corrected chi connectivity index (χ4v) is 2.48. The number of thiol groups is 1. The second-order valence-electron chi connectivity index (χ2n) is 4.32. The molecule has 1 aromatic rings. The van der Waals surface area contributed by atoms with Crippen LogP contribution in [0.5, 0.6) is 0 Å². The molecule has 96 valence electrons. The first-order valence-electron chi connectivity index (χ1n) is 5.95. The molecule has 4 nitrogen and oxygen atoms in total. The van der Waals surface area contributed by atoms with Crippen LogP contribution in [-0.2, 0) is 4.79 Å². The highest BCUT2D eigenvalue weighted by Gasteiger charge is 2.33. The van der Waals surface area contributed by atoms with Crippen LogP contribution in [0.4, 0.5) is 0 Å². The van der Waals surface area contributed by atoms with E-state index in [-0.39, 0.29) is 17.9 Å². The van der Waals surface area contributed by atoms with Crippen LogP contribution >= 0.6 is 12.6 Å². The molecule has 1 aromatic carbocycles. The van der Waals surface area contributed by atoms with Gasteiger partial charge in [0.1, 0.15) is 6.04 Å². The lowest BCUT2D eigenvalue weighted by atomic mass is 10.1. The number of nitrogens with zero attached hydrogens (tertiary/aromatic N) is 1. The zero-order valence-electron chi connectivity index (χ0n) is 10.2. The molecule has 1 N–H and O–H groups in total. The first kappa shape index (κ1) is 13.0. The summed E-state index contributed by atoms with van der Waals surface area (Å²) in [5.74, 6) is -0.195. The molecule has 0 aromatic heterocycles. The zero-order valence-corrected chi connectivity index (χ0v) is 11.1. The first-order valence-corrected chi connectivity index (χ1v) is 6.40. The van der Waals surface area contributed by atoms with E-state index >= 15 is 0 Å². The normalized spacial score (nSPS) is 18.8. The maximum absolute atomic E-state index is 12.3. The van der Waals surface area contributed by atoms with Crippen molar-refractivity contribution in [3.8, 4) is 0 Å². The van der Waals surface area contributed by atoms with E-state index in [2.05, 4.69) is 17.9 Å². The van der Waals surface area contributed by atoms with Crippen molar-refractivity contribution in [2.75, 3.05) is 13.6 Å². The van der Waals surface area contributed by atoms with Gasteiger partial charge in [0.05, 0.1) is 0 Å². The number of amides is 2. The Morgan fingerprint density at radius 3 is 2.89 bits per heavy atom. The molecule has 0 saturated carbocycles. The predicted molar refractivity (Wildman–Crippen MR) is 71.8 cm³/mol. The van der Waals surface area contributed by atoms with Crippen molar-refractivity contribution in [1.29, 1.82) is 0 Å². The van der Waals surface area contributed by atoms with E-state index in [9.17, 15) is 9.59 Å². The number of likely N-dealkylation sites (tertiary alicyclic amines) is 1. The summed E-state index contributed by atoms with van der Waals surface area (Å²) >= 11 is 4.22. The van der Waals surface area contributed by atoms with Gasteiger partial charge in [0.2, 0.25) is 5.91 Å². The SMILES string of the molecule is CNC(=O)C1CCCN1C(=O)c1cccc(S)c1. The van der Waals surface area contributed by atoms with Crippen LogP contribution in [0.15, 0.2) is 29.2 Å². The quantitative estimate of drug-likeness (QED) is 0.792. The van der Waals surface area contributed by atoms with Gasteiger partial charge in [0.15, 0.2) is 0 Å². The van der Waals surface area contributed by atoms with Crippen molar-refractivity contribution in [1.82, 2.24) is 10.2 Å². The number of hydrogen-bond donors (Lipinski definition) is 2. The van der Waals surface area contributed by atoms with E-state index in [1.807, 2.05) is 6.07 Å². The zero-order chi connectivity index (χ0) is 13.1. The molecular weight excluding hydrogens is 248 g/mol. The molecule has 0 spiro atoms. The van der Waals surface area contributed by atoms with E-state index in [0.717, 1.165) is 17.7 Å². The van der Waals surface area contributed by atoms with Gasteiger partial charge in [-0.05, 0) is 31.0 Å². The molecule has 1 heterocycles. The van der Waals surface area contributed by atoms with Gasteiger partial charge in [-0.15, -0.1) is 12.6 Å². The topological polar surface area (TPSA) is 49.4 Å². The number of hydrogen-bond acceptors (Lipinski definition) is 3. The second kappa shape index (κ2) is 5.44. The Balaban J connectivity index is 2.20. The van der Waals surface area contributed by atoms with Crippen molar-refractivity contribution in [2.45, 2.75) is 23.8 Å². The summed E-state index contributed by atoms with van der Waals surface area (Å²) in [5.41, 5.74) is 0.582. The Kier molecular flexibility index (Phi) is 3.91. The van der Waals surface area contributed by atoms with E-state index in [1.54, 1.807) is 30.1 Å². The molecule has 1 unspecified atom stereocenters. The largest absolute Gasteiger partial charge is 0.357 e. The van der Waals surface area contributed by atoms with E-state index in [4.69, 9.17) is 0 Å². The van der Waals surface area contributed by atoms with Crippen LogP contribution in [0.2, 0.25) is 0 Å². The first-order chi connectivity index (χ1) is 8.63. The third-order valence-electron chi connectivity index (χ3n) is 3.16. The predicted octanol–water partition coefficient (Wildman–Crippen LogP) is 1.33. The average Bonchev–Trinajstić information content (AvgIpc) is 2.86. The second-order valence-corrected chi connectivity index (χ2v) is 4.84. The minimum Gasteiger partial charge on any atom is -0.357 e. The molecule has 18 heavy (non-hydrogen) atoms. The van der Waals surface area contributed by atoms with E-state index in [1.165, 1.54) is 0 Å². The van der Waals surface area contributed by atoms with Crippen molar-refractivity contribution in [2.24, 2.45) is 0 Å². The highest BCUT2D eigenvalue weighted by molar-refractivity contribution is 7.80. The summed E-state index contributed by atoms with van der Waals surface area (Å²) in [6.45, 7) is 0.633. The molecule has 1 atom stereocenters. The molecule has 2 amide bonds. The summed E-state index contributed by atoms with van der Waals surface area (Å²) in [4.78, 5) is 26.4. The molecule has 1 saturated heterocycles. The van der Waals surface area contributed by atoms with Crippen molar-refractivity contribution in [3.63, 3.8) is 0 Å². The van der Waals surface area contributed by atoms with Crippen LogP contribution in [0, 0.1) is 0 Å². The standard InChI is InChI=1S/C13H16N2O2S/c1-14-12(16)11-6-3-7-15(11)13(17)9-4-2-5-10(18)8-9/h2,4-5,8,11,18H,3,6-7H2,1H3,(H,14,16). The minimum absolute atomic E-state index is 0.0946. The molecule has 1 aliphatic rings. The third kappa shape index (κ3) is 2.51. The van der Waals surface area contributed by atoms with Crippen molar-refractivity contribution >= 4 is 24.4 Å². The lowest BCUT2D eigenvalue weighted by Gasteiger charge is -2.23. The van der Waals surface area contributed by atoms with Crippen LogP contribution in [-0.4, -0.2) is 36.3 Å². The minimum atomic E-state index is -0.342. The highest BCUT2D eigenvalue weighted by Crippen LogP contribution is 2.21. The highest BCUT2D eigenvalue weighted by atomic mass is 32.1. The van der Waals surface area contributed by atoms with E-state index < -0.39 is 0 Å². The monoisotopic (exact) mass is 264 g/mol. The Hall–Kier alpha value is -1.49.